The van der Waals surface area contributed by atoms with Gasteiger partial charge in [-0.05, 0) is 0 Å². The van der Waals surface area contributed by atoms with Crippen LogP contribution in [0.3, 0.4) is 0 Å². The third kappa shape index (κ3) is 12.5. The molecular weight excluding hydrogens is 396 g/mol. The number of methoxy groups -OCH3 is 1. The van der Waals surface area contributed by atoms with Crippen LogP contribution in [-0.4, -0.2) is 11.2 Å². The Labute approximate surface area is 150 Å². The zero-order chi connectivity index (χ0) is 20.0. The summed E-state index contributed by atoms with van der Waals surface area (Å²) in [5.74, 6) is 0. The summed E-state index contributed by atoms with van der Waals surface area (Å²) < 4.78 is 43.7. The van der Waals surface area contributed by atoms with Crippen molar-refractivity contribution >= 4 is 14.9 Å². The molecule has 0 atom stereocenters. The van der Waals surface area contributed by atoms with Crippen molar-refractivity contribution in [3.05, 3.63) is 81.3 Å². The zero-order valence-corrected chi connectivity index (χ0v) is 14.4. The van der Waals surface area contributed by atoms with Crippen molar-refractivity contribution in [2.45, 2.75) is 0 Å². The first-order valence-electron chi connectivity index (χ1n) is 5.40. The quantitative estimate of drug-likeness (QED) is 0.426. The fourth-order valence-corrected chi connectivity index (χ4v) is 1.75. The van der Waals surface area contributed by atoms with Gasteiger partial charge in [-0.15, -0.1) is 0 Å². The summed E-state index contributed by atoms with van der Waals surface area (Å²) in [6.07, 6.45) is 0. The van der Waals surface area contributed by atoms with E-state index < -0.39 is 0 Å². The Hall–Kier alpha value is -2.08. The van der Waals surface area contributed by atoms with Crippen molar-refractivity contribution in [3.63, 3.8) is 0 Å². The molecule has 0 aromatic heterocycles. The van der Waals surface area contributed by atoms with E-state index in [4.69, 9.17) is 28.0 Å². The minimum atomic E-state index is 0.964. The normalized spacial score (nSPS) is 6.46. The van der Waals surface area contributed by atoms with Crippen LogP contribution in [0, 0.1) is 33.3 Å². The summed E-state index contributed by atoms with van der Waals surface area (Å²) in [7, 11) is 1.70. The minimum absolute atomic E-state index is 0.964. The number of hydrogen-bond donors (Lipinski definition) is 0. The summed E-state index contributed by atoms with van der Waals surface area (Å²) in [4.78, 5) is 0. The Balaban J connectivity index is -0.000000173. The van der Waals surface area contributed by atoms with Gasteiger partial charge in [0.25, 0.3) is 0 Å². The molecule has 0 amide bonds. The van der Waals surface area contributed by atoms with Crippen LogP contribution in [0.15, 0.2) is 42.5 Å². The van der Waals surface area contributed by atoms with E-state index in [1.165, 1.54) is 10.8 Å². The molecule has 0 unspecified atom stereocenters. The van der Waals surface area contributed by atoms with E-state index in [0.29, 0.717) is 0 Å². The Bertz CT molecular complexity index is 648. The molecule has 2 rings (SSSR count). The van der Waals surface area contributed by atoms with E-state index in [1.54, 1.807) is 7.11 Å². The molecule has 6 nitrogen and oxygen atoms in total. The number of ether oxygens (including phenoxy) is 1. The molecule has 2 aromatic carbocycles. The van der Waals surface area contributed by atoms with E-state index in [0.717, 1.165) is 9.65 Å². The van der Waals surface area contributed by atoms with E-state index in [9.17, 15) is 0 Å². The second-order valence-corrected chi connectivity index (χ2v) is 3.96. The molecular formula is C17H10MoO6. The third-order valence-corrected chi connectivity index (χ3v) is 3.16. The molecule has 0 aliphatic rings. The van der Waals surface area contributed by atoms with Gasteiger partial charge in [0.1, 0.15) is 0 Å². The Morgan fingerprint density at radius 3 is 1.58 bits per heavy atom. The van der Waals surface area contributed by atoms with Crippen molar-refractivity contribution in [2.24, 2.45) is 0 Å². The summed E-state index contributed by atoms with van der Waals surface area (Å²) in [6, 6.07) is 14.7. The number of benzene rings is 2. The fraction of sp³-hybridized carbons (Fsp3) is 0.0588. The summed E-state index contributed by atoms with van der Waals surface area (Å²) in [6.45, 7) is 22.5. The summed E-state index contributed by atoms with van der Waals surface area (Å²) >= 11 is 1.90. The molecule has 0 saturated heterocycles. The standard InChI is InChI=1S/C12H10O.5CO.Mo/c1-13-9-10-6-7-11-4-2-3-5-12(11)8-10;5*1-2;/h2-8H,1H3;;;;;;. The molecule has 0 aliphatic heterocycles. The van der Waals surface area contributed by atoms with Gasteiger partial charge in [0.05, 0.1) is 0 Å². The van der Waals surface area contributed by atoms with Gasteiger partial charge in [-0.2, -0.15) is 0 Å². The number of hydrogen-bond acceptors (Lipinski definition) is 1. The van der Waals surface area contributed by atoms with E-state index in [2.05, 4.69) is 75.7 Å². The molecule has 0 aliphatic carbocycles. The molecule has 0 N–H and O–H groups in total. The van der Waals surface area contributed by atoms with Gasteiger partial charge < -0.3 is 0 Å². The molecule has 2 aromatic rings. The van der Waals surface area contributed by atoms with E-state index >= 15 is 0 Å². The molecule has 0 heterocycles. The zero-order valence-electron chi connectivity index (χ0n) is 12.4. The van der Waals surface area contributed by atoms with Gasteiger partial charge in [0, 0.05) is 0 Å². The maximum atomic E-state index is 7.50. The van der Waals surface area contributed by atoms with Gasteiger partial charge in [0.15, 0.2) is 0 Å². The summed E-state index contributed by atoms with van der Waals surface area (Å²) in [5.41, 5.74) is 1.15. The Morgan fingerprint density at radius 1 is 0.750 bits per heavy atom. The van der Waals surface area contributed by atoms with Crippen molar-refractivity contribution < 1.29 is 47.4 Å². The molecule has 24 heavy (non-hydrogen) atoms. The van der Waals surface area contributed by atoms with Gasteiger partial charge in [-0.3, -0.25) is 0 Å². The van der Waals surface area contributed by atoms with Crippen molar-refractivity contribution in [2.75, 3.05) is 7.11 Å². The van der Waals surface area contributed by atoms with Crippen molar-refractivity contribution in [3.8, 4) is 0 Å². The first-order chi connectivity index (χ1) is 11.8. The maximum absolute atomic E-state index is 7.50. The van der Waals surface area contributed by atoms with Crippen LogP contribution in [0.1, 0.15) is 5.56 Å². The van der Waals surface area contributed by atoms with Gasteiger partial charge in [0.2, 0.25) is 0 Å². The fourth-order valence-electron chi connectivity index (χ4n) is 1.43. The number of rotatable bonds is 2. The second kappa shape index (κ2) is 25.8. The van der Waals surface area contributed by atoms with E-state index in [-0.39, 0.29) is 0 Å². The monoisotopic (exact) mass is 408 g/mol. The molecule has 0 fully saturated rings. The first kappa shape index (κ1) is 29.9. The molecule has 0 saturated carbocycles. The van der Waals surface area contributed by atoms with Crippen LogP contribution >= 0.6 is 0 Å². The Morgan fingerprint density at radius 2 is 1.17 bits per heavy atom. The Kier molecular flexibility index (Phi) is 32.2. The van der Waals surface area contributed by atoms with Crippen LogP contribution < -0.4 is 0 Å². The van der Waals surface area contributed by atoms with Crippen molar-refractivity contribution in [1.29, 1.82) is 0 Å². The average Bonchev–Trinajstić information content (AvgIpc) is 2.74. The molecule has 0 spiro atoms. The summed E-state index contributed by atoms with van der Waals surface area (Å²) in [5, 5.41) is 2.52. The SMILES string of the molecule is CO[C](=[Mo])c1ccc2ccccc2c1.[C-]#[O+].[C-]#[O+].[C-]#[O+].[C-]#[O+].[C-]#[O+]. The van der Waals surface area contributed by atoms with Gasteiger partial charge in [-0.25, -0.2) is 0 Å². The molecule has 0 bridgehead atoms. The first-order valence-corrected chi connectivity index (χ1v) is 6.41. The van der Waals surface area contributed by atoms with Crippen molar-refractivity contribution in [1.82, 2.24) is 0 Å². The third-order valence-electron chi connectivity index (χ3n) is 2.17. The van der Waals surface area contributed by atoms with Crippen LogP contribution in [0.25, 0.3) is 10.8 Å². The molecule has 7 heteroatoms. The van der Waals surface area contributed by atoms with E-state index in [1.807, 2.05) is 19.4 Å². The van der Waals surface area contributed by atoms with Gasteiger partial charge in [-0.1, -0.05) is 0 Å². The predicted octanol–water partition coefficient (Wildman–Crippen LogP) is 2.32. The number of fused-ring (bicyclic) bond motifs is 1. The second-order valence-electron chi connectivity index (χ2n) is 3.05. The van der Waals surface area contributed by atoms with Crippen LogP contribution in [-0.2, 0) is 47.4 Å². The molecule has 120 valence electrons. The van der Waals surface area contributed by atoms with Crippen LogP contribution in [0.4, 0.5) is 0 Å². The van der Waals surface area contributed by atoms with Crippen LogP contribution in [0.2, 0.25) is 0 Å². The molecule has 0 radical (unpaired) electrons. The average molecular weight is 406 g/mol. The van der Waals surface area contributed by atoms with Crippen LogP contribution in [0.5, 0.6) is 0 Å². The van der Waals surface area contributed by atoms with Gasteiger partial charge >= 0.3 is 151 Å². The topological polar surface area (TPSA) is 109 Å². The predicted molar refractivity (Wildman–Crippen MR) is 74.7 cm³/mol.